The average Bonchev–Trinajstić information content (AvgIpc) is 2.69. The SMILES string of the molecule is Cc1ccc(Sn2cc(C)c3cc(F)cnc32)cc1. The maximum absolute atomic E-state index is 13.2. The van der Waals surface area contributed by atoms with Gasteiger partial charge in [0.25, 0.3) is 0 Å². The summed E-state index contributed by atoms with van der Waals surface area (Å²) >= 11 is 1.58. The van der Waals surface area contributed by atoms with Crippen molar-refractivity contribution in [2.45, 2.75) is 18.7 Å². The number of pyridine rings is 1. The Morgan fingerprint density at radius 2 is 1.89 bits per heavy atom. The summed E-state index contributed by atoms with van der Waals surface area (Å²) in [5.74, 6) is -0.298. The maximum atomic E-state index is 13.2. The topological polar surface area (TPSA) is 17.8 Å². The molecule has 0 N–H and O–H groups in total. The van der Waals surface area contributed by atoms with Crippen LogP contribution in [0.1, 0.15) is 11.1 Å². The van der Waals surface area contributed by atoms with Crippen molar-refractivity contribution in [3.05, 3.63) is 59.7 Å². The number of fused-ring (bicyclic) bond motifs is 1. The minimum atomic E-state index is -0.298. The summed E-state index contributed by atoms with van der Waals surface area (Å²) in [5.41, 5.74) is 3.06. The number of halogens is 1. The minimum absolute atomic E-state index is 0.298. The van der Waals surface area contributed by atoms with Gasteiger partial charge in [0.15, 0.2) is 5.65 Å². The Bertz CT molecular complexity index is 732. The monoisotopic (exact) mass is 272 g/mol. The quantitative estimate of drug-likeness (QED) is 0.690. The molecule has 19 heavy (non-hydrogen) atoms. The molecule has 2 heterocycles. The van der Waals surface area contributed by atoms with Gasteiger partial charge in [-0.05, 0) is 49.6 Å². The highest BCUT2D eigenvalue weighted by Gasteiger charge is 2.09. The summed E-state index contributed by atoms with van der Waals surface area (Å²) in [5, 5.41) is 0.861. The van der Waals surface area contributed by atoms with Crippen LogP contribution in [0, 0.1) is 19.7 Å². The summed E-state index contributed by atoms with van der Waals surface area (Å²) in [6.45, 7) is 4.03. The number of hydrogen-bond acceptors (Lipinski definition) is 2. The largest absolute Gasteiger partial charge is 0.270 e. The van der Waals surface area contributed by atoms with Gasteiger partial charge < -0.3 is 0 Å². The Morgan fingerprint density at radius 1 is 1.16 bits per heavy atom. The fourth-order valence-electron chi connectivity index (χ4n) is 1.99. The van der Waals surface area contributed by atoms with E-state index in [0.29, 0.717) is 0 Å². The fraction of sp³-hybridized carbons (Fsp3) is 0.133. The van der Waals surface area contributed by atoms with Crippen LogP contribution in [-0.4, -0.2) is 8.96 Å². The van der Waals surface area contributed by atoms with E-state index in [0.717, 1.165) is 21.5 Å². The van der Waals surface area contributed by atoms with E-state index in [1.54, 1.807) is 11.9 Å². The molecule has 2 aromatic heterocycles. The van der Waals surface area contributed by atoms with Crippen LogP contribution in [-0.2, 0) is 0 Å². The molecular formula is C15H13FN2S. The predicted octanol–water partition coefficient (Wildman–Crippen LogP) is 4.35. The first-order valence-corrected chi connectivity index (χ1v) is 6.79. The van der Waals surface area contributed by atoms with Gasteiger partial charge in [-0.2, -0.15) is 0 Å². The van der Waals surface area contributed by atoms with Crippen molar-refractivity contribution in [3.63, 3.8) is 0 Å². The molecule has 2 nitrogen and oxygen atoms in total. The zero-order valence-corrected chi connectivity index (χ0v) is 11.5. The molecule has 0 radical (unpaired) electrons. The first-order valence-electron chi connectivity index (χ1n) is 6.02. The molecule has 0 amide bonds. The van der Waals surface area contributed by atoms with Gasteiger partial charge in [-0.25, -0.2) is 9.37 Å². The van der Waals surface area contributed by atoms with Crippen LogP contribution in [0.5, 0.6) is 0 Å². The van der Waals surface area contributed by atoms with E-state index < -0.39 is 0 Å². The molecule has 0 fully saturated rings. The molecule has 0 bridgehead atoms. The van der Waals surface area contributed by atoms with E-state index in [-0.39, 0.29) is 5.82 Å². The summed E-state index contributed by atoms with van der Waals surface area (Å²) in [4.78, 5) is 5.32. The average molecular weight is 272 g/mol. The molecule has 0 spiro atoms. The zero-order valence-electron chi connectivity index (χ0n) is 10.7. The van der Waals surface area contributed by atoms with Crippen LogP contribution in [0.3, 0.4) is 0 Å². The van der Waals surface area contributed by atoms with E-state index in [1.165, 1.54) is 17.8 Å². The molecule has 0 saturated carbocycles. The smallest absolute Gasteiger partial charge is 0.150 e. The number of aromatic nitrogens is 2. The van der Waals surface area contributed by atoms with Crippen LogP contribution < -0.4 is 0 Å². The summed E-state index contributed by atoms with van der Waals surface area (Å²) in [6.07, 6.45) is 3.25. The molecule has 0 aliphatic heterocycles. The van der Waals surface area contributed by atoms with Gasteiger partial charge in [0.1, 0.15) is 5.82 Å². The third-order valence-corrected chi connectivity index (χ3v) is 3.96. The third-order valence-electron chi connectivity index (χ3n) is 3.00. The molecule has 0 saturated heterocycles. The van der Waals surface area contributed by atoms with Gasteiger partial charge in [0.05, 0.1) is 6.20 Å². The Balaban J connectivity index is 2.03. The zero-order chi connectivity index (χ0) is 13.4. The van der Waals surface area contributed by atoms with Crippen LogP contribution in [0.4, 0.5) is 4.39 Å². The van der Waals surface area contributed by atoms with Crippen molar-refractivity contribution in [1.82, 2.24) is 8.96 Å². The molecule has 3 aromatic rings. The summed E-state index contributed by atoms with van der Waals surface area (Å²) < 4.78 is 15.2. The van der Waals surface area contributed by atoms with Gasteiger partial charge >= 0.3 is 0 Å². The molecule has 0 atom stereocenters. The van der Waals surface area contributed by atoms with Gasteiger partial charge in [0, 0.05) is 16.5 Å². The highest BCUT2D eigenvalue weighted by atomic mass is 32.2. The Kier molecular flexibility index (Phi) is 3.03. The minimum Gasteiger partial charge on any atom is -0.270 e. The second-order valence-electron chi connectivity index (χ2n) is 4.57. The van der Waals surface area contributed by atoms with Gasteiger partial charge in [-0.1, -0.05) is 17.7 Å². The van der Waals surface area contributed by atoms with Crippen molar-refractivity contribution in [2.75, 3.05) is 0 Å². The van der Waals surface area contributed by atoms with E-state index in [2.05, 4.69) is 36.2 Å². The lowest BCUT2D eigenvalue weighted by atomic mass is 10.2. The molecule has 0 aliphatic carbocycles. The van der Waals surface area contributed by atoms with E-state index in [9.17, 15) is 4.39 Å². The number of hydrogen-bond donors (Lipinski definition) is 0. The lowest BCUT2D eigenvalue weighted by molar-refractivity contribution is 0.624. The predicted molar refractivity (Wildman–Crippen MR) is 76.9 cm³/mol. The van der Waals surface area contributed by atoms with Gasteiger partial charge in [0.2, 0.25) is 0 Å². The Morgan fingerprint density at radius 3 is 2.63 bits per heavy atom. The highest BCUT2D eigenvalue weighted by molar-refractivity contribution is 7.98. The first kappa shape index (κ1) is 12.2. The third kappa shape index (κ3) is 2.36. The molecule has 96 valence electrons. The van der Waals surface area contributed by atoms with Crippen molar-refractivity contribution in [1.29, 1.82) is 0 Å². The fourth-order valence-corrected chi connectivity index (χ4v) is 2.91. The molecule has 3 rings (SSSR count). The molecule has 0 unspecified atom stereocenters. The van der Waals surface area contributed by atoms with Gasteiger partial charge in [-0.15, -0.1) is 0 Å². The van der Waals surface area contributed by atoms with Crippen LogP contribution in [0.2, 0.25) is 0 Å². The summed E-state index contributed by atoms with van der Waals surface area (Å²) in [6, 6.07) is 9.83. The van der Waals surface area contributed by atoms with Crippen LogP contribution in [0.25, 0.3) is 11.0 Å². The lowest BCUT2D eigenvalue weighted by Crippen LogP contribution is -1.88. The van der Waals surface area contributed by atoms with Gasteiger partial charge in [-0.3, -0.25) is 3.97 Å². The number of nitrogens with zero attached hydrogens (tertiary/aromatic N) is 2. The number of rotatable bonds is 2. The maximum Gasteiger partial charge on any atom is 0.150 e. The number of benzene rings is 1. The van der Waals surface area contributed by atoms with Crippen LogP contribution in [0.15, 0.2) is 47.6 Å². The second kappa shape index (κ2) is 4.70. The molecule has 0 aliphatic rings. The second-order valence-corrected chi connectivity index (χ2v) is 5.61. The summed E-state index contributed by atoms with van der Waals surface area (Å²) in [7, 11) is 0. The van der Waals surface area contributed by atoms with Crippen molar-refractivity contribution in [2.24, 2.45) is 0 Å². The van der Waals surface area contributed by atoms with Crippen molar-refractivity contribution < 1.29 is 4.39 Å². The van der Waals surface area contributed by atoms with E-state index >= 15 is 0 Å². The van der Waals surface area contributed by atoms with Crippen LogP contribution >= 0.6 is 11.9 Å². The lowest BCUT2D eigenvalue weighted by Gasteiger charge is -2.04. The highest BCUT2D eigenvalue weighted by Crippen LogP contribution is 2.28. The van der Waals surface area contributed by atoms with E-state index in [1.807, 2.05) is 17.1 Å². The van der Waals surface area contributed by atoms with Crippen molar-refractivity contribution in [3.8, 4) is 0 Å². The number of aryl methyl sites for hydroxylation is 2. The van der Waals surface area contributed by atoms with E-state index in [4.69, 9.17) is 0 Å². The normalized spacial score (nSPS) is 11.1. The Hall–Kier alpha value is -1.81. The molecule has 1 aromatic carbocycles. The molecular weight excluding hydrogens is 259 g/mol. The van der Waals surface area contributed by atoms with Crippen molar-refractivity contribution >= 4 is 23.0 Å². The Labute approximate surface area is 115 Å². The first-order chi connectivity index (χ1) is 9.13. The molecule has 4 heteroatoms. The standard InChI is InChI=1S/C15H13FN2S/c1-10-3-5-13(6-4-10)19-18-9-11(2)14-7-12(16)8-17-15(14)18/h3-9H,1-2H3.